The SMILES string of the molecule is c1ccc(-c2cc3cccc4c5cccc6cccc(c(c2)c34)c65)cc1. The maximum atomic E-state index is 2.37. The van der Waals surface area contributed by atoms with Crippen molar-refractivity contribution in [3.63, 3.8) is 0 Å². The molecule has 6 aromatic carbocycles. The first kappa shape index (κ1) is 13.9. The number of hydrogen-bond donors (Lipinski definition) is 0. The van der Waals surface area contributed by atoms with Crippen LogP contribution in [0.2, 0.25) is 0 Å². The van der Waals surface area contributed by atoms with Gasteiger partial charge in [0.25, 0.3) is 0 Å². The van der Waals surface area contributed by atoms with Crippen LogP contribution in [-0.2, 0) is 0 Å². The van der Waals surface area contributed by atoms with E-state index >= 15 is 0 Å². The van der Waals surface area contributed by atoms with Crippen molar-refractivity contribution in [3.8, 4) is 11.1 Å². The lowest BCUT2D eigenvalue weighted by Crippen LogP contribution is -1.88. The van der Waals surface area contributed by atoms with Crippen LogP contribution in [-0.4, -0.2) is 0 Å². The lowest BCUT2D eigenvalue weighted by Gasteiger charge is -2.15. The molecule has 0 unspecified atom stereocenters. The van der Waals surface area contributed by atoms with E-state index in [-0.39, 0.29) is 0 Å². The van der Waals surface area contributed by atoms with E-state index in [1.54, 1.807) is 0 Å². The molecule has 0 aromatic heterocycles. The molecule has 0 aliphatic carbocycles. The van der Waals surface area contributed by atoms with Crippen LogP contribution in [0.25, 0.3) is 54.2 Å². The van der Waals surface area contributed by atoms with Crippen molar-refractivity contribution in [2.75, 3.05) is 0 Å². The highest BCUT2D eigenvalue weighted by atomic mass is 14.2. The van der Waals surface area contributed by atoms with Crippen molar-refractivity contribution in [1.29, 1.82) is 0 Å². The standard InChI is InChI=1S/C26H16/c1-2-7-17(8-3-1)20-15-19-11-6-13-22-21-12-4-9-18-10-5-14-23(25(18)21)24(16-20)26(19)22/h1-16H. The van der Waals surface area contributed by atoms with Crippen molar-refractivity contribution >= 4 is 43.1 Å². The molecular weight excluding hydrogens is 312 g/mol. The fourth-order valence-electron chi connectivity index (χ4n) is 4.45. The van der Waals surface area contributed by atoms with Gasteiger partial charge in [0.15, 0.2) is 0 Å². The Bertz CT molecular complexity index is 1400. The van der Waals surface area contributed by atoms with E-state index in [1.807, 2.05) is 0 Å². The Morgan fingerprint density at radius 3 is 1.62 bits per heavy atom. The highest BCUT2D eigenvalue weighted by Gasteiger charge is 2.13. The highest BCUT2D eigenvalue weighted by molar-refractivity contribution is 6.33. The van der Waals surface area contributed by atoms with E-state index in [2.05, 4.69) is 97.1 Å². The molecule has 0 amide bonds. The van der Waals surface area contributed by atoms with Crippen LogP contribution in [0.1, 0.15) is 0 Å². The molecule has 6 aromatic rings. The topological polar surface area (TPSA) is 0 Å². The minimum Gasteiger partial charge on any atom is -0.0622 e. The van der Waals surface area contributed by atoms with Gasteiger partial charge in [-0.1, -0.05) is 84.9 Å². The first-order valence-electron chi connectivity index (χ1n) is 9.05. The van der Waals surface area contributed by atoms with Crippen molar-refractivity contribution in [2.45, 2.75) is 0 Å². The number of fused-ring (bicyclic) bond motifs is 2. The van der Waals surface area contributed by atoms with E-state index < -0.39 is 0 Å². The van der Waals surface area contributed by atoms with E-state index in [0.717, 1.165) is 0 Å². The minimum absolute atomic E-state index is 1.27. The molecule has 0 heterocycles. The summed E-state index contributed by atoms with van der Waals surface area (Å²) in [6, 6.07) is 35.4. The second-order valence-corrected chi connectivity index (χ2v) is 7.00. The second-order valence-electron chi connectivity index (χ2n) is 7.00. The molecule has 0 spiro atoms. The lowest BCUT2D eigenvalue weighted by molar-refractivity contribution is 1.66. The summed E-state index contributed by atoms with van der Waals surface area (Å²) < 4.78 is 0. The van der Waals surface area contributed by atoms with Gasteiger partial charge in [0.05, 0.1) is 0 Å². The van der Waals surface area contributed by atoms with Crippen LogP contribution in [0.4, 0.5) is 0 Å². The average molecular weight is 328 g/mol. The lowest BCUT2D eigenvalue weighted by atomic mass is 9.88. The Labute approximate surface area is 151 Å². The zero-order valence-electron chi connectivity index (χ0n) is 14.2. The van der Waals surface area contributed by atoms with Crippen LogP contribution in [0, 0.1) is 0 Å². The molecule has 0 saturated heterocycles. The molecule has 0 radical (unpaired) electrons. The van der Waals surface area contributed by atoms with E-state index in [1.165, 1.54) is 54.2 Å². The molecule has 0 atom stereocenters. The molecular formula is C26H16. The van der Waals surface area contributed by atoms with Crippen molar-refractivity contribution in [1.82, 2.24) is 0 Å². The third kappa shape index (κ3) is 1.79. The molecule has 26 heavy (non-hydrogen) atoms. The highest BCUT2D eigenvalue weighted by Crippen LogP contribution is 2.41. The Balaban J connectivity index is 1.91. The number of rotatable bonds is 1. The smallest absolute Gasteiger partial charge is 0.00259 e. The fourth-order valence-corrected chi connectivity index (χ4v) is 4.45. The molecule has 0 fully saturated rings. The summed E-state index contributed by atoms with van der Waals surface area (Å²) in [6.07, 6.45) is 0. The molecule has 0 N–H and O–H groups in total. The monoisotopic (exact) mass is 328 g/mol. The van der Waals surface area contributed by atoms with Crippen molar-refractivity contribution in [2.24, 2.45) is 0 Å². The summed E-state index contributed by atoms with van der Waals surface area (Å²) in [5.74, 6) is 0. The van der Waals surface area contributed by atoms with Gasteiger partial charge >= 0.3 is 0 Å². The van der Waals surface area contributed by atoms with Gasteiger partial charge in [-0.3, -0.25) is 0 Å². The fraction of sp³-hybridized carbons (Fsp3) is 0. The molecule has 0 saturated carbocycles. The summed E-state index contributed by atoms with van der Waals surface area (Å²) in [4.78, 5) is 0. The van der Waals surface area contributed by atoms with Gasteiger partial charge in [-0.15, -0.1) is 0 Å². The average Bonchev–Trinajstić information content (AvgIpc) is 2.72. The first-order valence-corrected chi connectivity index (χ1v) is 9.05. The number of hydrogen-bond acceptors (Lipinski definition) is 0. The van der Waals surface area contributed by atoms with E-state index in [9.17, 15) is 0 Å². The Hall–Kier alpha value is -3.38. The summed E-state index contributed by atoms with van der Waals surface area (Å²) in [6.45, 7) is 0. The maximum absolute atomic E-state index is 2.37. The maximum Gasteiger partial charge on any atom is -0.00259 e. The molecule has 120 valence electrons. The van der Waals surface area contributed by atoms with Crippen LogP contribution in [0.15, 0.2) is 97.1 Å². The predicted molar refractivity (Wildman–Crippen MR) is 113 cm³/mol. The van der Waals surface area contributed by atoms with Crippen LogP contribution >= 0.6 is 0 Å². The summed E-state index contributed by atoms with van der Waals surface area (Å²) in [5, 5.41) is 10.8. The van der Waals surface area contributed by atoms with Gasteiger partial charge in [0.2, 0.25) is 0 Å². The predicted octanol–water partition coefficient (Wildman–Crippen LogP) is 7.40. The first-order chi connectivity index (χ1) is 12.9. The van der Waals surface area contributed by atoms with Gasteiger partial charge in [0.1, 0.15) is 0 Å². The summed E-state index contributed by atoms with van der Waals surface area (Å²) >= 11 is 0. The molecule has 6 rings (SSSR count). The Morgan fingerprint density at radius 1 is 0.346 bits per heavy atom. The number of benzene rings is 6. The van der Waals surface area contributed by atoms with E-state index in [4.69, 9.17) is 0 Å². The molecule has 0 bridgehead atoms. The zero-order valence-corrected chi connectivity index (χ0v) is 14.2. The van der Waals surface area contributed by atoms with Gasteiger partial charge < -0.3 is 0 Å². The van der Waals surface area contributed by atoms with Crippen LogP contribution in [0.3, 0.4) is 0 Å². The van der Waals surface area contributed by atoms with Gasteiger partial charge in [0, 0.05) is 0 Å². The third-order valence-corrected chi connectivity index (χ3v) is 5.57. The van der Waals surface area contributed by atoms with Crippen LogP contribution < -0.4 is 0 Å². The largest absolute Gasteiger partial charge is 0.0622 e. The van der Waals surface area contributed by atoms with Gasteiger partial charge in [-0.25, -0.2) is 0 Å². The summed E-state index contributed by atoms with van der Waals surface area (Å²) in [7, 11) is 0. The van der Waals surface area contributed by atoms with Crippen molar-refractivity contribution < 1.29 is 0 Å². The van der Waals surface area contributed by atoms with Gasteiger partial charge in [-0.2, -0.15) is 0 Å². The third-order valence-electron chi connectivity index (χ3n) is 5.57. The molecule has 0 heteroatoms. The molecule has 0 nitrogen and oxygen atoms in total. The Morgan fingerprint density at radius 2 is 0.923 bits per heavy atom. The van der Waals surface area contributed by atoms with Crippen molar-refractivity contribution in [3.05, 3.63) is 97.1 Å². The Kier molecular flexibility index (Phi) is 2.70. The molecule has 0 aliphatic rings. The van der Waals surface area contributed by atoms with Crippen LogP contribution in [0.5, 0.6) is 0 Å². The zero-order chi connectivity index (χ0) is 17.1. The molecule has 0 aliphatic heterocycles. The quantitative estimate of drug-likeness (QED) is 0.218. The summed E-state index contributed by atoms with van der Waals surface area (Å²) in [5.41, 5.74) is 2.55. The normalized spacial score (nSPS) is 11.8. The minimum atomic E-state index is 1.27. The van der Waals surface area contributed by atoms with E-state index in [0.29, 0.717) is 0 Å². The van der Waals surface area contributed by atoms with Gasteiger partial charge in [-0.05, 0) is 66.3 Å². The second kappa shape index (κ2) is 5.06.